The van der Waals surface area contributed by atoms with Crippen molar-refractivity contribution in [2.75, 3.05) is 20.3 Å². The van der Waals surface area contributed by atoms with Gasteiger partial charge in [0.2, 0.25) is 0 Å². The second-order valence-electron chi connectivity index (χ2n) is 6.51. The zero-order chi connectivity index (χ0) is 18.4. The summed E-state index contributed by atoms with van der Waals surface area (Å²) in [5.74, 6) is 0.914. The molecule has 0 spiro atoms. The maximum Gasteiger partial charge on any atom is 0.255 e. The van der Waals surface area contributed by atoms with Crippen LogP contribution in [-0.4, -0.2) is 32.2 Å². The van der Waals surface area contributed by atoms with Gasteiger partial charge in [0.25, 0.3) is 5.91 Å². The summed E-state index contributed by atoms with van der Waals surface area (Å²) in [6, 6.07) is 13.9. The van der Waals surface area contributed by atoms with Gasteiger partial charge in [-0.05, 0) is 55.5 Å². The Balaban J connectivity index is 1.73. The SMILES string of the molecule is COc1cccc(C(=O)N[C@@H]2CCc3ccccc3C2)c1OCCCN. The number of methoxy groups -OCH3 is 1. The van der Waals surface area contributed by atoms with Crippen LogP contribution in [0.25, 0.3) is 0 Å². The fourth-order valence-corrected chi connectivity index (χ4v) is 3.35. The Bertz CT molecular complexity index is 761. The lowest BCUT2D eigenvalue weighted by molar-refractivity contribution is 0.0928. The van der Waals surface area contributed by atoms with E-state index in [1.165, 1.54) is 11.1 Å². The van der Waals surface area contributed by atoms with E-state index < -0.39 is 0 Å². The molecule has 1 amide bonds. The summed E-state index contributed by atoms with van der Waals surface area (Å²) in [5, 5.41) is 3.16. The molecule has 0 radical (unpaired) electrons. The molecule has 0 heterocycles. The molecule has 0 bridgehead atoms. The number of nitrogens with two attached hydrogens (primary N) is 1. The van der Waals surface area contributed by atoms with E-state index in [0.29, 0.717) is 30.2 Å². The molecule has 2 aromatic carbocycles. The molecule has 3 rings (SSSR count). The van der Waals surface area contributed by atoms with Crippen LogP contribution in [0.3, 0.4) is 0 Å². The lowest BCUT2D eigenvalue weighted by Crippen LogP contribution is -2.39. The number of hydrogen-bond acceptors (Lipinski definition) is 4. The monoisotopic (exact) mass is 354 g/mol. The summed E-state index contributed by atoms with van der Waals surface area (Å²) in [6.45, 7) is 0.992. The van der Waals surface area contributed by atoms with Gasteiger partial charge in [-0.25, -0.2) is 0 Å². The molecule has 2 aromatic rings. The number of amides is 1. The minimum Gasteiger partial charge on any atom is -0.493 e. The minimum atomic E-state index is -0.129. The third-order valence-corrected chi connectivity index (χ3v) is 4.72. The average molecular weight is 354 g/mol. The quantitative estimate of drug-likeness (QED) is 0.750. The largest absolute Gasteiger partial charge is 0.493 e. The smallest absolute Gasteiger partial charge is 0.255 e. The van der Waals surface area contributed by atoms with Gasteiger partial charge >= 0.3 is 0 Å². The van der Waals surface area contributed by atoms with Crippen molar-refractivity contribution in [3.63, 3.8) is 0 Å². The van der Waals surface area contributed by atoms with Crippen LogP contribution in [0.5, 0.6) is 11.5 Å². The summed E-state index contributed by atoms with van der Waals surface area (Å²) >= 11 is 0. The van der Waals surface area contributed by atoms with Gasteiger partial charge in [-0.2, -0.15) is 0 Å². The van der Waals surface area contributed by atoms with Crippen LogP contribution in [-0.2, 0) is 12.8 Å². The Morgan fingerprint density at radius 3 is 2.77 bits per heavy atom. The number of hydrogen-bond donors (Lipinski definition) is 2. The summed E-state index contributed by atoms with van der Waals surface area (Å²) < 4.78 is 11.2. The molecule has 3 N–H and O–H groups in total. The number of fused-ring (bicyclic) bond motifs is 1. The predicted molar refractivity (Wildman–Crippen MR) is 102 cm³/mol. The second-order valence-corrected chi connectivity index (χ2v) is 6.51. The fourth-order valence-electron chi connectivity index (χ4n) is 3.35. The lowest BCUT2D eigenvalue weighted by Gasteiger charge is -2.26. The van der Waals surface area contributed by atoms with E-state index in [2.05, 4.69) is 29.6 Å². The number of carbonyl (C=O) groups excluding carboxylic acids is 1. The van der Waals surface area contributed by atoms with Crippen molar-refractivity contribution < 1.29 is 14.3 Å². The Morgan fingerprint density at radius 2 is 2.00 bits per heavy atom. The first kappa shape index (κ1) is 18.3. The molecule has 26 heavy (non-hydrogen) atoms. The van der Waals surface area contributed by atoms with Gasteiger partial charge in [0.15, 0.2) is 11.5 Å². The van der Waals surface area contributed by atoms with E-state index in [0.717, 1.165) is 25.7 Å². The van der Waals surface area contributed by atoms with Gasteiger partial charge < -0.3 is 20.5 Å². The van der Waals surface area contributed by atoms with E-state index >= 15 is 0 Å². The van der Waals surface area contributed by atoms with Crippen molar-refractivity contribution in [2.24, 2.45) is 5.73 Å². The van der Waals surface area contributed by atoms with Crippen LogP contribution in [0.2, 0.25) is 0 Å². The molecule has 1 aliphatic rings. The maximum absolute atomic E-state index is 12.9. The van der Waals surface area contributed by atoms with Gasteiger partial charge in [-0.1, -0.05) is 30.3 Å². The van der Waals surface area contributed by atoms with Gasteiger partial charge in [-0.3, -0.25) is 4.79 Å². The van der Waals surface area contributed by atoms with Gasteiger partial charge in [-0.15, -0.1) is 0 Å². The molecule has 0 unspecified atom stereocenters. The molecule has 0 saturated carbocycles. The van der Waals surface area contributed by atoms with Crippen LogP contribution < -0.4 is 20.5 Å². The molecule has 0 saturated heterocycles. The molecule has 0 aliphatic heterocycles. The third kappa shape index (κ3) is 4.17. The average Bonchev–Trinajstić information content (AvgIpc) is 2.68. The number of para-hydroxylation sites is 1. The van der Waals surface area contributed by atoms with Crippen molar-refractivity contribution in [1.82, 2.24) is 5.32 Å². The highest BCUT2D eigenvalue weighted by Gasteiger charge is 2.23. The first-order valence-electron chi connectivity index (χ1n) is 9.10. The Hall–Kier alpha value is -2.53. The summed E-state index contributed by atoms with van der Waals surface area (Å²) in [4.78, 5) is 12.9. The Morgan fingerprint density at radius 1 is 1.19 bits per heavy atom. The molecular formula is C21H26N2O3. The lowest BCUT2D eigenvalue weighted by atomic mass is 9.88. The molecule has 138 valence electrons. The highest BCUT2D eigenvalue weighted by atomic mass is 16.5. The van der Waals surface area contributed by atoms with E-state index in [9.17, 15) is 4.79 Å². The predicted octanol–water partition coefficient (Wildman–Crippen LogP) is 2.71. The molecule has 0 fully saturated rings. The number of rotatable bonds is 7. The maximum atomic E-state index is 12.9. The Labute approximate surface area is 154 Å². The number of ether oxygens (including phenoxy) is 2. The molecular weight excluding hydrogens is 328 g/mol. The van der Waals surface area contributed by atoms with Crippen LogP contribution in [0.1, 0.15) is 34.3 Å². The number of aryl methyl sites for hydroxylation is 1. The van der Waals surface area contributed by atoms with Gasteiger partial charge in [0, 0.05) is 6.04 Å². The summed E-state index contributed by atoms with van der Waals surface area (Å²) in [5.41, 5.74) is 8.73. The van der Waals surface area contributed by atoms with Crippen molar-refractivity contribution in [1.29, 1.82) is 0 Å². The highest BCUT2D eigenvalue weighted by Crippen LogP contribution is 2.31. The summed E-state index contributed by atoms with van der Waals surface area (Å²) in [7, 11) is 1.57. The van der Waals surface area contributed by atoms with Crippen LogP contribution >= 0.6 is 0 Å². The topological polar surface area (TPSA) is 73.6 Å². The second kappa shape index (κ2) is 8.72. The third-order valence-electron chi connectivity index (χ3n) is 4.72. The molecule has 1 aliphatic carbocycles. The summed E-state index contributed by atoms with van der Waals surface area (Å²) in [6.07, 6.45) is 3.50. The van der Waals surface area contributed by atoms with Crippen molar-refractivity contribution >= 4 is 5.91 Å². The van der Waals surface area contributed by atoms with Gasteiger partial charge in [0.1, 0.15) is 0 Å². The number of benzene rings is 2. The molecule has 5 heteroatoms. The minimum absolute atomic E-state index is 0.125. The van der Waals surface area contributed by atoms with E-state index in [1.807, 2.05) is 0 Å². The Kier molecular flexibility index (Phi) is 6.12. The first-order chi connectivity index (χ1) is 12.7. The molecule has 5 nitrogen and oxygen atoms in total. The van der Waals surface area contributed by atoms with Crippen molar-refractivity contribution in [3.8, 4) is 11.5 Å². The van der Waals surface area contributed by atoms with E-state index in [4.69, 9.17) is 15.2 Å². The zero-order valence-electron chi connectivity index (χ0n) is 15.2. The van der Waals surface area contributed by atoms with Crippen molar-refractivity contribution in [3.05, 3.63) is 59.2 Å². The first-order valence-corrected chi connectivity index (χ1v) is 9.10. The van der Waals surface area contributed by atoms with Gasteiger partial charge in [0.05, 0.1) is 19.3 Å². The van der Waals surface area contributed by atoms with Crippen LogP contribution in [0.4, 0.5) is 0 Å². The highest BCUT2D eigenvalue weighted by molar-refractivity contribution is 5.98. The number of carbonyl (C=O) groups is 1. The zero-order valence-corrected chi connectivity index (χ0v) is 15.2. The van der Waals surface area contributed by atoms with E-state index in [-0.39, 0.29) is 11.9 Å². The molecule has 1 atom stereocenters. The van der Waals surface area contributed by atoms with Crippen molar-refractivity contribution in [2.45, 2.75) is 31.7 Å². The van der Waals surface area contributed by atoms with Crippen LogP contribution in [0, 0.1) is 0 Å². The standard InChI is InChI=1S/C21H26N2O3/c1-25-19-9-4-8-18(20(19)26-13-5-12-22)21(24)23-17-11-10-15-6-2-3-7-16(15)14-17/h2-4,6-9,17H,5,10-14,22H2,1H3,(H,23,24)/t17-/m1/s1. The van der Waals surface area contributed by atoms with E-state index in [1.54, 1.807) is 25.3 Å². The fraction of sp³-hybridized carbons (Fsp3) is 0.381. The molecule has 0 aromatic heterocycles. The number of nitrogens with one attached hydrogen (secondary N) is 1. The van der Waals surface area contributed by atoms with Crippen LogP contribution in [0.15, 0.2) is 42.5 Å². The normalized spacial score (nSPS) is 15.8.